The lowest BCUT2D eigenvalue weighted by molar-refractivity contribution is -0.138. The maximum absolute atomic E-state index is 11.3. The number of benzene rings is 1. The molecule has 7 nitrogen and oxygen atoms in total. The van der Waals surface area contributed by atoms with Gasteiger partial charge in [-0.25, -0.2) is 0 Å². The van der Waals surface area contributed by atoms with Crippen LogP contribution in [0.5, 0.6) is 5.75 Å². The van der Waals surface area contributed by atoms with Gasteiger partial charge in [0.1, 0.15) is 12.4 Å². The standard InChI is InChI=1S/C21H33N3O4/c1-17(2)24(13-12-22-8-10-23(11-9-22)16-21(26)27)14-15-28-20-6-4-19(5-7-20)18(3)25/h4-7,17H,8-16H2,1-3H3,(H,26,27). The molecule has 1 saturated heterocycles. The van der Waals surface area contributed by atoms with Crippen molar-refractivity contribution in [3.63, 3.8) is 0 Å². The Labute approximate surface area is 167 Å². The number of ether oxygens (including phenoxy) is 1. The minimum absolute atomic E-state index is 0.0568. The fourth-order valence-electron chi connectivity index (χ4n) is 3.33. The fraction of sp³-hybridized carbons (Fsp3) is 0.619. The molecular formula is C21H33N3O4. The van der Waals surface area contributed by atoms with E-state index < -0.39 is 5.97 Å². The summed E-state index contributed by atoms with van der Waals surface area (Å²) in [5, 5.41) is 8.88. The number of Topliss-reactive ketones (excluding diaryl/α,β-unsaturated/α-hetero) is 1. The molecule has 1 aromatic rings. The first-order chi connectivity index (χ1) is 13.3. The first kappa shape index (κ1) is 22.3. The van der Waals surface area contributed by atoms with Crippen LogP contribution < -0.4 is 4.74 Å². The van der Waals surface area contributed by atoms with Crippen LogP contribution in [0.15, 0.2) is 24.3 Å². The van der Waals surface area contributed by atoms with Crippen molar-refractivity contribution in [3.05, 3.63) is 29.8 Å². The van der Waals surface area contributed by atoms with Crippen LogP contribution in [0.2, 0.25) is 0 Å². The summed E-state index contributed by atoms with van der Waals surface area (Å²) in [4.78, 5) is 28.9. The Morgan fingerprint density at radius 3 is 2.21 bits per heavy atom. The molecule has 0 bridgehead atoms. The normalized spacial score (nSPS) is 15.9. The second-order valence-electron chi connectivity index (χ2n) is 7.57. The lowest BCUT2D eigenvalue weighted by Crippen LogP contribution is -2.50. The third-order valence-electron chi connectivity index (χ3n) is 5.17. The third kappa shape index (κ3) is 7.58. The first-order valence-corrected chi connectivity index (χ1v) is 9.99. The van der Waals surface area contributed by atoms with E-state index in [9.17, 15) is 9.59 Å². The van der Waals surface area contributed by atoms with Crippen LogP contribution in [0.1, 0.15) is 31.1 Å². The maximum atomic E-state index is 11.3. The minimum atomic E-state index is -0.754. The van der Waals surface area contributed by atoms with Crippen LogP contribution in [-0.2, 0) is 4.79 Å². The number of piperazine rings is 1. The van der Waals surface area contributed by atoms with Gasteiger partial charge in [0.05, 0.1) is 6.54 Å². The zero-order chi connectivity index (χ0) is 20.5. The Bertz CT molecular complexity index is 625. The number of hydrogen-bond acceptors (Lipinski definition) is 6. The van der Waals surface area contributed by atoms with E-state index >= 15 is 0 Å². The summed E-state index contributed by atoms with van der Waals surface area (Å²) in [5.74, 6) is 0.0833. The highest BCUT2D eigenvalue weighted by Gasteiger charge is 2.19. The Kier molecular flexibility index (Phi) is 8.89. The SMILES string of the molecule is CC(=O)c1ccc(OCCN(CCN2CCN(CC(=O)O)CC2)C(C)C)cc1. The number of carboxylic acids is 1. The molecule has 0 saturated carbocycles. The predicted molar refractivity (Wildman–Crippen MR) is 109 cm³/mol. The molecule has 0 atom stereocenters. The molecule has 2 rings (SSSR count). The van der Waals surface area contributed by atoms with Gasteiger partial charge in [-0.05, 0) is 45.0 Å². The molecule has 1 aliphatic rings. The molecule has 156 valence electrons. The van der Waals surface area contributed by atoms with Crippen LogP contribution >= 0.6 is 0 Å². The number of aliphatic carboxylic acids is 1. The number of carbonyl (C=O) groups is 2. The fourth-order valence-corrected chi connectivity index (χ4v) is 3.33. The lowest BCUT2D eigenvalue weighted by atomic mass is 10.1. The average Bonchev–Trinajstić information content (AvgIpc) is 2.65. The highest BCUT2D eigenvalue weighted by molar-refractivity contribution is 5.94. The predicted octanol–water partition coefficient (Wildman–Crippen LogP) is 1.68. The van der Waals surface area contributed by atoms with Gasteiger partial charge in [0.2, 0.25) is 0 Å². The van der Waals surface area contributed by atoms with E-state index in [1.165, 1.54) is 0 Å². The molecule has 1 N–H and O–H groups in total. The van der Waals surface area contributed by atoms with Crippen molar-refractivity contribution in [2.45, 2.75) is 26.8 Å². The molecule has 0 amide bonds. The molecule has 1 aliphatic heterocycles. The molecule has 0 aromatic heterocycles. The van der Waals surface area contributed by atoms with Crippen molar-refractivity contribution in [2.24, 2.45) is 0 Å². The molecule has 0 radical (unpaired) electrons. The molecule has 0 unspecified atom stereocenters. The monoisotopic (exact) mass is 391 g/mol. The summed E-state index contributed by atoms with van der Waals surface area (Å²) in [6.45, 7) is 12.9. The number of hydrogen-bond donors (Lipinski definition) is 1. The van der Waals surface area contributed by atoms with Crippen LogP contribution in [0, 0.1) is 0 Å². The number of carbonyl (C=O) groups excluding carboxylic acids is 1. The zero-order valence-electron chi connectivity index (χ0n) is 17.3. The summed E-state index contributed by atoms with van der Waals surface area (Å²) in [5.41, 5.74) is 0.694. The van der Waals surface area contributed by atoms with E-state index in [4.69, 9.17) is 9.84 Å². The summed E-state index contributed by atoms with van der Waals surface area (Å²) in [6.07, 6.45) is 0. The van der Waals surface area contributed by atoms with Crippen molar-refractivity contribution in [2.75, 3.05) is 59.0 Å². The first-order valence-electron chi connectivity index (χ1n) is 9.99. The second-order valence-corrected chi connectivity index (χ2v) is 7.57. The van der Waals surface area contributed by atoms with Gasteiger partial charge in [-0.2, -0.15) is 0 Å². The van der Waals surface area contributed by atoms with E-state index in [1.54, 1.807) is 19.1 Å². The number of nitrogens with zero attached hydrogens (tertiary/aromatic N) is 3. The highest BCUT2D eigenvalue weighted by atomic mass is 16.5. The Hall–Kier alpha value is -1.96. The smallest absolute Gasteiger partial charge is 0.317 e. The largest absolute Gasteiger partial charge is 0.492 e. The van der Waals surface area contributed by atoms with Crippen molar-refractivity contribution >= 4 is 11.8 Å². The van der Waals surface area contributed by atoms with Crippen molar-refractivity contribution in [3.8, 4) is 5.75 Å². The van der Waals surface area contributed by atoms with E-state index in [0.717, 1.165) is 51.6 Å². The summed E-state index contributed by atoms with van der Waals surface area (Å²) in [7, 11) is 0. The van der Waals surface area contributed by atoms with Crippen molar-refractivity contribution in [1.82, 2.24) is 14.7 Å². The highest BCUT2D eigenvalue weighted by Crippen LogP contribution is 2.13. The van der Waals surface area contributed by atoms with E-state index in [2.05, 4.69) is 23.6 Å². The quantitative estimate of drug-likeness (QED) is 0.575. The molecule has 7 heteroatoms. The van der Waals surface area contributed by atoms with Crippen molar-refractivity contribution < 1.29 is 19.4 Å². The molecule has 1 fully saturated rings. The number of rotatable bonds is 11. The minimum Gasteiger partial charge on any atom is -0.492 e. The van der Waals surface area contributed by atoms with Gasteiger partial charge in [0.25, 0.3) is 0 Å². The van der Waals surface area contributed by atoms with E-state index in [0.29, 0.717) is 18.2 Å². The van der Waals surface area contributed by atoms with Gasteiger partial charge < -0.3 is 9.84 Å². The summed E-state index contributed by atoms with van der Waals surface area (Å²) >= 11 is 0. The summed E-state index contributed by atoms with van der Waals surface area (Å²) < 4.78 is 5.84. The van der Waals surface area contributed by atoms with Gasteiger partial charge in [-0.1, -0.05) is 0 Å². The van der Waals surface area contributed by atoms with E-state index in [1.807, 2.05) is 17.0 Å². The van der Waals surface area contributed by atoms with Crippen LogP contribution in [-0.4, -0.2) is 96.6 Å². The Balaban J connectivity index is 1.70. The maximum Gasteiger partial charge on any atom is 0.317 e. The van der Waals surface area contributed by atoms with Gasteiger partial charge in [0, 0.05) is 57.4 Å². The Morgan fingerprint density at radius 2 is 1.68 bits per heavy atom. The van der Waals surface area contributed by atoms with Crippen molar-refractivity contribution in [1.29, 1.82) is 0 Å². The second kappa shape index (κ2) is 11.1. The summed E-state index contributed by atoms with van der Waals surface area (Å²) in [6, 6.07) is 7.70. The van der Waals surface area contributed by atoms with Gasteiger partial charge >= 0.3 is 5.97 Å². The molecule has 0 spiro atoms. The number of ketones is 1. The lowest BCUT2D eigenvalue weighted by Gasteiger charge is -2.35. The molecule has 1 heterocycles. The molecule has 1 aromatic carbocycles. The topological polar surface area (TPSA) is 73.3 Å². The van der Waals surface area contributed by atoms with Crippen LogP contribution in [0.3, 0.4) is 0 Å². The number of carboxylic acid groups (broad SMARTS) is 1. The van der Waals surface area contributed by atoms with E-state index in [-0.39, 0.29) is 12.3 Å². The average molecular weight is 392 g/mol. The molecule has 28 heavy (non-hydrogen) atoms. The van der Waals surface area contributed by atoms with Crippen LogP contribution in [0.4, 0.5) is 0 Å². The molecule has 0 aliphatic carbocycles. The molecular weight excluding hydrogens is 358 g/mol. The van der Waals surface area contributed by atoms with Gasteiger partial charge in [-0.15, -0.1) is 0 Å². The Morgan fingerprint density at radius 1 is 1.07 bits per heavy atom. The van der Waals surface area contributed by atoms with Gasteiger partial charge in [0.15, 0.2) is 5.78 Å². The third-order valence-corrected chi connectivity index (χ3v) is 5.17. The van der Waals surface area contributed by atoms with Gasteiger partial charge in [-0.3, -0.25) is 24.3 Å². The van der Waals surface area contributed by atoms with Crippen LogP contribution in [0.25, 0.3) is 0 Å². The zero-order valence-corrected chi connectivity index (χ0v) is 17.3.